The zero-order chi connectivity index (χ0) is 45.6. The number of aromatic amines is 1. The fraction of sp³-hybridized carbons (Fsp3) is 0.612. The first-order valence-electron chi connectivity index (χ1n) is 22.9. The largest absolute Gasteiger partial charge is 0.496 e. The maximum absolute atomic E-state index is 15.5. The molecule has 64 heavy (non-hydrogen) atoms. The summed E-state index contributed by atoms with van der Waals surface area (Å²) < 4.78 is 24.1. The van der Waals surface area contributed by atoms with E-state index in [2.05, 4.69) is 45.1 Å². The molecule has 15 heteroatoms. The molecular weight excluding hydrogens is 837 g/mol. The lowest BCUT2D eigenvalue weighted by Gasteiger charge is -2.63. The van der Waals surface area contributed by atoms with Gasteiger partial charge in [-0.2, -0.15) is 0 Å². The van der Waals surface area contributed by atoms with Crippen LogP contribution in [0.25, 0.3) is 10.9 Å². The molecule has 1 spiro atoms. The number of thioether (sulfide) groups is 1. The SMILES string of the molecule is CC[C@]1(O)C[C@H]2CN(CCc3c([nH]c4ccc(SCCCO)cc34)[C@@](C(=O)OC)(c3cc4c(cc3OC)N(C)[C@H]3[C@@](O)(C(=O)OC)[C@H](OC(C)=O)[C@]5(CC)C=CCN6CC[C@]43[C@@H]65)C2)C1. The number of H-pyrrole nitrogens is 1. The van der Waals surface area contributed by atoms with Crippen LogP contribution in [0.1, 0.15) is 81.7 Å². The highest BCUT2D eigenvalue weighted by Gasteiger charge is 2.80. The van der Waals surface area contributed by atoms with Gasteiger partial charge in [-0.15, -0.1) is 11.8 Å². The van der Waals surface area contributed by atoms with Gasteiger partial charge in [0.2, 0.25) is 5.60 Å². The number of methoxy groups -OCH3 is 3. The second kappa shape index (κ2) is 16.3. The van der Waals surface area contributed by atoms with Crippen LogP contribution in [0.5, 0.6) is 5.75 Å². The Morgan fingerprint density at radius 1 is 0.969 bits per heavy atom. The third-order valence-corrected chi connectivity index (χ3v) is 17.3. The van der Waals surface area contributed by atoms with Crippen molar-refractivity contribution in [3.63, 3.8) is 0 Å². The Morgan fingerprint density at radius 2 is 1.75 bits per heavy atom. The van der Waals surface area contributed by atoms with E-state index in [1.54, 1.807) is 18.9 Å². The zero-order valence-electron chi connectivity index (χ0n) is 38.2. The second-order valence-electron chi connectivity index (χ2n) is 19.3. The number of likely N-dealkylation sites (N-methyl/N-ethyl adjacent to an activating group) is 1. The number of ether oxygens (including phenoxy) is 4. The molecule has 2 saturated heterocycles. The molecule has 3 fully saturated rings. The summed E-state index contributed by atoms with van der Waals surface area (Å²) in [4.78, 5) is 54.6. The number of nitrogens with one attached hydrogen (secondary N) is 1. The summed E-state index contributed by atoms with van der Waals surface area (Å²) in [5.41, 5.74) is -1.91. The maximum atomic E-state index is 15.5. The van der Waals surface area contributed by atoms with Crippen LogP contribution in [-0.4, -0.2) is 151 Å². The molecule has 6 aliphatic rings. The van der Waals surface area contributed by atoms with Crippen molar-refractivity contribution in [2.24, 2.45) is 11.3 Å². The van der Waals surface area contributed by atoms with Gasteiger partial charge in [-0.25, -0.2) is 4.79 Å². The number of aromatic nitrogens is 1. The second-order valence-corrected chi connectivity index (χ2v) is 20.5. The molecule has 6 heterocycles. The summed E-state index contributed by atoms with van der Waals surface area (Å²) in [5, 5.41) is 36.0. The lowest BCUT2D eigenvalue weighted by atomic mass is 9.47. The van der Waals surface area contributed by atoms with Crippen molar-refractivity contribution < 1.29 is 48.7 Å². The molecule has 10 atom stereocenters. The third-order valence-electron chi connectivity index (χ3n) is 16.2. The highest BCUT2D eigenvalue weighted by Crippen LogP contribution is 2.68. The van der Waals surface area contributed by atoms with Crippen molar-refractivity contribution in [2.75, 3.05) is 78.4 Å². The summed E-state index contributed by atoms with van der Waals surface area (Å²) >= 11 is 1.68. The van der Waals surface area contributed by atoms with E-state index in [0.29, 0.717) is 89.0 Å². The Kier molecular flexibility index (Phi) is 11.5. The Balaban J connectivity index is 1.35. The Hall–Kier alpha value is -4.12. The van der Waals surface area contributed by atoms with E-state index in [4.69, 9.17) is 18.9 Å². The molecule has 3 aromatic rings. The molecule has 2 bridgehead atoms. The third kappa shape index (κ3) is 6.27. The van der Waals surface area contributed by atoms with Crippen LogP contribution in [0.3, 0.4) is 0 Å². The van der Waals surface area contributed by atoms with Gasteiger partial charge >= 0.3 is 17.9 Å². The molecule has 2 aromatic carbocycles. The number of carbonyl (C=O) groups excluding carboxylic acids is 3. The van der Waals surface area contributed by atoms with E-state index in [1.807, 2.05) is 37.9 Å². The van der Waals surface area contributed by atoms with Crippen molar-refractivity contribution in [1.29, 1.82) is 0 Å². The number of esters is 3. The van der Waals surface area contributed by atoms with Crippen LogP contribution in [0.15, 0.2) is 47.4 Å². The van der Waals surface area contributed by atoms with Gasteiger partial charge in [0.1, 0.15) is 11.2 Å². The van der Waals surface area contributed by atoms with Crippen LogP contribution in [0.2, 0.25) is 0 Å². The standard InChI is InChI=1S/C49H64N4O10S/c1-8-45(58)25-30-26-48(43(56)61-6,39-32(14-18-52(27-30)28-45)33-22-31(64-21-11-20-54)12-13-36(33)50-39)35-23-34-37(24-38(35)60-5)51(4)41-47(34)16-19-53-17-10-15-46(9-2,40(47)53)42(63-29(3)55)49(41,59)44(57)62-7/h10,12-13,15,22-24,30,40-42,50,54,58-59H,8-9,11,14,16-21,25-28H2,1-7H3/t30-,40+,41-,42-,45+,46-,47-,48+,49+/m1/s1. The molecule has 0 amide bonds. The van der Waals surface area contributed by atoms with Gasteiger partial charge in [0, 0.05) is 108 Å². The highest BCUT2D eigenvalue weighted by molar-refractivity contribution is 7.99. The maximum Gasteiger partial charge on any atom is 0.344 e. The molecule has 4 N–H and O–H groups in total. The van der Waals surface area contributed by atoms with Crippen LogP contribution in [-0.2, 0) is 45.8 Å². The number of rotatable bonds is 11. The van der Waals surface area contributed by atoms with E-state index in [-0.39, 0.29) is 18.6 Å². The molecule has 0 radical (unpaired) electrons. The molecular formula is C49H64N4O10S. The molecule has 1 saturated carbocycles. The van der Waals surface area contributed by atoms with Crippen LogP contribution >= 0.6 is 11.8 Å². The van der Waals surface area contributed by atoms with Gasteiger partial charge in [0.25, 0.3) is 0 Å². The van der Waals surface area contributed by atoms with E-state index in [1.165, 1.54) is 21.1 Å². The topological polar surface area (TPSA) is 174 Å². The van der Waals surface area contributed by atoms with Crippen molar-refractivity contribution in [2.45, 2.75) is 111 Å². The van der Waals surface area contributed by atoms with Gasteiger partial charge in [-0.1, -0.05) is 26.0 Å². The number of anilines is 1. The number of nitrogens with zero attached hydrogens (tertiary/aromatic N) is 3. The lowest BCUT2D eigenvalue weighted by molar-refractivity contribution is -0.228. The predicted octanol–water partition coefficient (Wildman–Crippen LogP) is 4.47. The van der Waals surface area contributed by atoms with Gasteiger partial charge in [0.05, 0.1) is 33.0 Å². The smallest absolute Gasteiger partial charge is 0.344 e. The molecule has 14 nitrogen and oxygen atoms in total. The summed E-state index contributed by atoms with van der Waals surface area (Å²) in [6.45, 7) is 8.61. The fourth-order valence-corrected chi connectivity index (χ4v) is 14.8. The van der Waals surface area contributed by atoms with Crippen LogP contribution in [0.4, 0.5) is 5.69 Å². The number of piperidine rings is 1. The first kappa shape index (κ1) is 45.1. The van der Waals surface area contributed by atoms with E-state index >= 15 is 4.79 Å². The van der Waals surface area contributed by atoms with E-state index < -0.39 is 57.5 Å². The molecule has 1 aliphatic carbocycles. The minimum absolute atomic E-state index is 0.113. The Morgan fingerprint density at radius 3 is 2.44 bits per heavy atom. The first-order valence-corrected chi connectivity index (χ1v) is 23.9. The molecule has 5 aliphatic heterocycles. The van der Waals surface area contributed by atoms with Crippen molar-refractivity contribution in [3.8, 4) is 5.75 Å². The Bertz CT molecular complexity index is 2390. The Labute approximate surface area is 379 Å². The lowest BCUT2D eigenvalue weighted by Crippen LogP contribution is -2.81. The average Bonchev–Trinajstić information content (AvgIpc) is 3.95. The minimum atomic E-state index is -2.32. The van der Waals surface area contributed by atoms with Crippen LogP contribution in [0, 0.1) is 11.3 Å². The van der Waals surface area contributed by atoms with Crippen molar-refractivity contribution in [1.82, 2.24) is 14.8 Å². The summed E-state index contributed by atoms with van der Waals surface area (Å²) in [7, 11) is 6.14. The fourth-order valence-electron chi connectivity index (χ4n) is 13.9. The molecule has 346 valence electrons. The quantitative estimate of drug-likeness (QED) is 0.0699. The van der Waals surface area contributed by atoms with Gasteiger partial charge in [-0.05, 0) is 92.8 Å². The average molecular weight is 901 g/mol. The van der Waals surface area contributed by atoms with Gasteiger partial charge < -0.3 is 44.2 Å². The minimum Gasteiger partial charge on any atom is -0.496 e. The summed E-state index contributed by atoms with van der Waals surface area (Å²) in [6.07, 6.45) is 6.45. The number of carbonyl (C=O) groups is 3. The predicted molar refractivity (Wildman–Crippen MR) is 243 cm³/mol. The number of benzene rings is 2. The molecule has 1 unspecified atom stereocenters. The summed E-state index contributed by atoms with van der Waals surface area (Å²) in [6, 6.07) is 9.09. The number of hydrogen-bond donors (Lipinski definition) is 4. The number of aliphatic hydroxyl groups excluding tert-OH is 1. The van der Waals surface area contributed by atoms with Crippen LogP contribution < -0.4 is 9.64 Å². The number of aliphatic hydroxyl groups is 3. The van der Waals surface area contributed by atoms with Gasteiger partial charge in [-0.3, -0.25) is 19.4 Å². The summed E-state index contributed by atoms with van der Waals surface area (Å²) in [5.74, 6) is -0.894. The normalized spacial score (nSPS) is 35.0. The first-order chi connectivity index (χ1) is 30.7. The zero-order valence-corrected chi connectivity index (χ0v) is 39.0. The van der Waals surface area contributed by atoms with Gasteiger partial charge in [0.15, 0.2) is 6.10 Å². The van der Waals surface area contributed by atoms with E-state index in [0.717, 1.165) is 44.1 Å². The molecule has 9 rings (SSSR count). The van der Waals surface area contributed by atoms with Crippen molar-refractivity contribution >= 4 is 46.3 Å². The number of hydrogen-bond acceptors (Lipinski definition) is 14. The monoisotopic (exact) mass is 900 g/mol. The molecule has 1 aromatic heterocycles. The highest BCUT2D eigenvalue weighted by atomic mass is 32.2. The number of fused-ring (bicyclic) bond motifs is 6. The van der Waals surface area contributed by atoms with E-state index in [9.17, 15) is 24.9 Å². The van der Waals surface area contributed by atoms with Crippen molar-refractivity contribution in [3.05, 3.63) is 64.9 Å².